The molecule has 5 rings (SSSR count). The van der Waals surface area contributed by atoms with Gasteiger partial charge >= 0.3 is 0 Å². The van der Waals surface area contributed by atoms with E-state index in [4.69, 9.17) is 4.98 Å². The number of hydrogen-bond acceptors (Lipinski definition) is 5. The van der Waals surface area contributed by atoms with Crippen molar-refractivity contribution in [2.45, 2.75) is 17.5 Å². The van der Waals surface area contributed by atoms with Crippen molar-refractivity contribution >= 4 is 33.3 Å². The molecule has 0 atom stereocenters. The summed E-state index contributed by atoms with van der Waals surface area (Å²) in [6, 6.07) is 24.7. The summed E-state index contributed by atoms with van der Waals surface area (Å²) < 4.78 is 16.7. The monoisotopic (exact) mass is 432 g/mol. The minimum absolute atomic E-state index is 0.265. The first kappa shape index (κ1) is 19.0. The summed E-state index contributed by atoms with van der Waals surface area (Å²) in [6.07, 6.45) is 0. The Morgan fingerprint density at radius 1 is 0.867 bits per heavy atom. The molecular weight excluding hydrogens is 415 g/mol. The van der Waals surface area contributed by atoms with Gasteiger partial charge in [-0.2, -0.15) is 0 Å². The van der Waals surface area contributed by atoms with E-state index in [1.165, 1.54) is 16.8 Å². The summed E-state index contributed by atoms with van der Waals surface area (Å²) in [5, 5.41) is 10.7. The molecule has 0 bridgehead atoms. The quantitative estimate of drug-likeness (QED) is 0.307. The van der Waals surface area contributed by atoms with Crippen LogP contribution in [0.25, 0.3) is 21.6 Å². The van der Waals surface area contributed by atoms with Gasteiger partial charge in [0, 0.05) is 5.56 Å². The van der Waals surface area contributed by atoms with Gasteiger partial charge in [0.2, 0.25) is 0 Å². The predicted molar refractivity (Wildman–Crippen MR) is 120 cm³/mol. The van der Waals surface area contributed by atoms with Crippen molar-refractivity contribution in [1.29, 1.82) is 0 Å². The van der Waals surface area contributed by atoms with Crippen molar-refractivity contribution < 1.29 is 4.39 Å². The van der Waals surface area contributed by atoms with Gasteiger partial charge in [-0.15, -0.1) is 21.5 Å². The summed E-state index contributed by atoms with van der Waals surface area (Å²) in [4.78, 5) is 4.71. The Labute approximate surface area is 181 Å². The van der Waals surface area contributed by atoms with Crippen LogP contribution in [0.4, 0.5) is 4.39 Å². The topological polar surface area (TPSA) is 43.6 Å². The molecule has 0 saturated heterocycles. The Kier molecular flexibility index (Phi) is 5.29. The highest BCUT2D eigenvalue weighted by Crippen LogP contribution is 2.30. The van der Waals surface area contributed by atoms with E-state index >= 15 is 0 Å². The summed E-state index contributed by atoms with van der Waals surface area (Å²) in [6.45, 7) is 0.642. The Morgan fingerprint density at radius 2 is 1.63 bits per heavy atom. The second kappa shape index (κ2) is 8.38. The molecule has 30 heavy (non-hydrogen) atoms. The third-order valence-corrected chi connectivity index (χ3v) is 6.86. The first-order valence-corrected chi connectivity index (χ1v) is 11.3. The van der Waals surface area contributed by atoms with E-state index in [9.17, 15) is 4.39 Å². The summed E-state index contributed by atoms with van der Waals surface area (Å²) in [5.41, 5.74) is 3.02. The van der Waals surface area contributed by atoms with Crippen molar-refractivity contribution in [3.63, 3.8) is 0 Å². The predicted octanol–water partition coefficient (Wildman–Crippen LogP) is 6.03. The number of benzene rings is 3. The number of hydrogen-bond donors (Lipinski definition) is 0. The molecule has 2 aromatic heterocycles. The highest BCUT2D eigenvalue weighted by molar-refractivity contribution is 7.98. The Morgan fingerprint density at radius 3 is 2.43 bits per heavy atom. The Hall–Kier alpha value is -3.03. The molecule has 5 aromatic rings. The molecule has 0 aliphatic rings. The second-order valence-electron chi connectivity index (χ2n) is 6.75. The maximum Gasteiger partial charge on any atom is 0.192 e. The van der Waals surface area contributed by atoms with Crippen molar-refractivity contribution in [2.24, 2.45) is 0 Å². The van der Waals surface area contributed by atoms with Crippen LogP contribution in [0.2, 0.25) is 0 Å². The van der Waals surface area contributed by atoms with Crippen LogP contribution in [0, 0.1) is 5.82 Å². The van der Waals surface area contributed by atoms with Crippen LogP contribution in [-0.4, -0.2) is 19.7 Å². The number of thiazole rings is 1. The average molecular weight is 433 g/mol. The number of halogens is 1. The molecule has 0 unspecified atom stereocenters. The fourth-order valence-electron chi connectivity index (χ4n) is 3.22. The van der Waals surface area contributed by atoms with Gasteiger partial charge in [0.1, 0.15) is 10.8 Å². The van der Waals surface area contributed by atoms with Gasteiger partial charge in [-0.05, 0) is 42.0 Å². The van der Waals surface area contributed by atoms with Gasteiger partial charge in [0.15, 0.2) is 11.0 Å². The van der Waals surface area contributed by atoms with Gasteiger partial charge < -0.3 is 0 Å². The fraction of sp³-hybridized carbons (Fsp3) is 0.0870. The van der Waals surface area contributed by atoms with Crippen LogP contribution in [0.3, 0.4) is 0 Å². The molecule has 148 valence electrons. The van der Waals surface area contributed by atoms with Crippen molar-refractivity contribution in [3.8, 4) is 11.4 Å². The third-order valence-electron chi connectivity index (χ3n) is 4.67. The highest BCUT2D eigenvalue weighted by atomic mass is 32.2. The molecule has 0 saturated carbocycles. The molecule has 0 fully saturated rings. The van der Waals surface area contributed by atoms with Gasteiger partial charge in [-0.1, -0.05) is 54.2 Å². The number of thioether (sulfide) groups is 1. The van der Waals surface area contributed by atoms with E-state index in [-0.39, 0.29) is 5.82 Å². The van der Waals surface area contributed by atoms with Crippen LogP contribution >= 0.6 is 23.1 Å². The van der Waals surface area contributed by atoms with E-state index in [0.29, 0.717) is 6.54 Å². The van der Waals surface area contributed by atoms with Crippen LogP contribution in [0.5, 0.6) is 0 Å². The first-order chi connectivity index (χ1) is 14.8. The minimum atomic E-state index is -0.265. The Balaban J connectivity index is 1.46. The normalized spacial score (nSPS) is 11.2. The lowest BCUT2D eigenvalue weighted by atomic mass is 10.2. The van der Waals surface area contributed by atoms with E-state index in [0.717, 1.165) is 38.4 Å². The van der Waals surface area contributed by atoms with Crippen LogP contribution < -0.4 is 0 Å². The molecule has 0 amide bonds. The molecule has 2 heterocycles. The second-order valence-corrected chi connectivity index (χ2v) is 8.81. The lowest BCUT2D eigenvalue weighted by Gasteiger charge is -2.10. The number of para-hydroxylation sites is 1. The zero-order valence-electron chi connectivity index (χ0n) is 15.9. The first-order valence-electron chi connectivity index (χ1n) is 9.46. The van der Waals surface area contributed by atoms with E-state index in [1.807, 2.05) is 36.4 Å². The van der Waals surface area contributed by atoms with E-state index in [2.05, 4.69) is 33.0 Å². The van der Waals surface area contributed by atoms with Gasteiger partial charge in [-0.25, -0.2) is 9.37 Å². The molecule has 0 spiro atoms. The third kappa shape index (κ3) is 3.99. The fourth-order valence-corrected chi connectivity index (χ4v) is 5.12. The Bertz CT molecular complexity index is 1250. The number of aromatic nitrogens is 4. The zero-order valence-corrected chi connectivity index (χ0v) is 17.5. The molecule has 0 aliphatic heterocycles. The standard InChI is InChI=1S/C23H17FN4S2/c24-18-12-10-17(11-13-18)22-26-27-23(28(22)14-16-6-2-1-3-7-16)29-15-21-25-19-8-4-5-9-20(19)30-21/h1-13H,14-15H2. The largest absolute Gasteiger partial charge is 0.298 e. The summed E-state index contributed by atoms with van der Waals surface area (Å²) in [5.74, 6) is 1.18. The number of fused-ring (bicyclic) bond motifs is 1. The number of rotatable bonds is 6. The lowest BCUT2D eigenvalue weighted by molar-refractivity contribution is 0.628. The van der Waals surface area contributed by atoms with Crippen LogP contribution in [0.15, 0.2) is 84.0 Å². The maximum atomic E-state index is 13.4. The maximum absolute atomic E-state index is 13.4. The van der Waals surface area contributed by atoms with Crippen molar-refractivity contribution in [2.75, 3.05) is 0 Å². The average Bonchev–Trinajstić information content (AvgIpc) is 3.37. The minimum Gasteiger partial charge on any atom is -0.298 e. The molecule has 0 N–H and O–H groups in total. The van der Waals surface area contributed by atoms with Gasteiger partial charge in [-0.3, -0.25) is 4.57 Å². The molecule has 3 aromatic carbocycles. The molecule has 7 heteroatoms. The SMILES string of the molecule is Fc1ccc(-c2nnc(SCc3nc4ccccc4s3)n2Cc2ccccc2)cc1. The molecule has 4 nitrogen and oxygen atoms in total. The molecular formula is C23H17FN4S2. The van der Waals surface area contributed by atoms with E-state index in [1.54, 1.807) is 35.2 Å². The highest BCUT2D eigenvalue weighted by Gasteiger charge is 2.16. The summed E-state index contributed by atoms with van der Waals surface area (Å²) >= 11 is 3.32. The lowest BCUT2D eigenvalue weighted by Crippen LogP contribution is -2.04. The molecule has 0 aliphatic carbocycles. The summed E-state index contributed by atoms with van der Waals surface area (Å²) in [7, 11) is 0. The van der Waals surface area contributed by atoms with Crippen molar-refractivity contribution in [3.05, 3.63) is 95.3 Å². The van der Waals surface area contributed by atoms with Gasteiger partial charge in [0.05, 0.1) is 22.5 Å². The van der Waals surface area contributed by atoms with Crippen LogP contribution in [0.1, 0.15) is 10.6 Å². The zero-order chi connectivity index (χ0) is 20.3. The molecule has 0 radical (unpaired) electrons. The van der Waals surface area contributed by atoms with E-state index < -0.39 is 0 Å². The smallest absolute Gasteiger partial charge is 0.192 e. The number of nitrogens with zero attached hydrogens (tertiary/aromatic N) is 4. The van der Waals surface area contributed by atoms with Crippen molar-refractivity contribution in [1.82, 2.24) is 19.7 Å². The van der Waals surface area contributed by atoms with Gasteiger partial charge in [0.25, 0.3) is 0 Å². The van der Waals surface area contributed by atoms with Crippen LogP contribution in [-0.2, 0) is 12.3 Å².